The third-order valence-corrected chi connectivity index (χ3v) is 6.65. The largest absolute Gasteiger partial charge is 0.486 e. The molecule has 3 amide bonds. The third kappa shape index (κ3) is 5.55. The smallest absolute Gasteiger partial charge is 0.294 e. The number of nitrogens with zero attached hydrogens (tertiary/aromatic N) is 2. The van der Waals surface area contributed by atoms with E-state index >= 15 is 0 Å². The van der Waals surface area contributed by atoms with Crippen LogP contribution in [0.2, 0.25) is 10.0 Å². The Morgan fingerprint density at radius 2 is 1.82 bits per heavy atom. The summed E-state index contributed by atoms with van der Waals surface area (Å²) in [6, 6.07) is 9.23. The number of morpholine rings is 1. The Hall–Kier alpha value is -2.59. The van der Waals surface area contributed by atoms with E-state index in [1.807, 2.05) is 0 Å². The van der Waals surface area contributed by atoms with Gasteiger partial charge in [-0.2, -0.15) is 0 Å². The lowest BCUT2D eigenvalue weighted by molar-refractivity contribution is -0.139. The maximum absolute atomic E-state index is 13.8. The zero-order valence-electron chi connectivity index (χ0n) is 17.8. The first kappa shape index (κ1) is 24.5. The average molecular weight is 525 g/mol. The molecule has 0 saturated carbocycles. The minimum Gasteiger partial charge on any atom is -0.486 e. The van der Waals surface area contributed by atoms with Crippen LogP contribution in [-0.2, 0) is 20.9 Å². The molecule has 2 fully saturated rings. The van der Waals surface area contributed by atoms with Crippen molar-refractivity contribution in [2.75, 3.05) is 32.8 Å². The van der Waals surface area contributed by atoms with Gasteiger partial charge in [-0.25, -0.2) is 4.39 Å². The van der Waals surface area contributed by atoms with Gasteiger partial charge < -0.3 is 14.4 Å². The highest BCUT2D eigenvalue weighted by molar-refractivity contribution is 8.18. The van der Waals surface area contributed by atoms with Gasteiger partial charge in [0.1, 0.15) is 19.0 Å². The predicted molar refractivity (Wildman–Crippen MR) is 127 cm³/mol. The van der Waals surface area contributed by atoms with Gasteiger partial charge >= 0.3 is 0 Å². The average Bonchev–Trinajstić information content (AvgIpc) is 3.07. The van der Waals surface area contributed by atoms with Crippen molar-refractivity contribution in [3.05, 3.63) is 68.3 Å². The Balaban J connectivity index is 1.46. The van der Waals surface area contributed by atoms with E-state index in [9.17, 15) is 18.8 Å². The van der Waals surface area contributed by atoms with Crippen molar-refractivity contribution in [1.29, 1.82) is 0 Å². The highest BCUT2D eigenvalue weighted by Gasteiger charge is 2.37. The Bertz CT molecular complexity index is 1150. The molecular weight excluding hydrogens is 506 g/mol. The van der Waals surface area contributed by atoms with Crippen LogP contribution in [0.5, 0.6) is 5.75 Å². The highest BCUT2D eigenvalue weighted by atomic mass is 35.5. The second kappa shape index (κ2) is 10.8. The van der Waals surface area contributed by atoms with Gasteiger partial charge in [0.05, 0.1) is 28.2 Å². The number of carbonyl (C=O) groups is 3. The number of ether oxygens (including phenoxy) is 2. The first-order chi connectivity index (χ1) is 16.3. The van der Waals surface area contributed by atoms with Crippen LogP contribution in [0.1, 0.15) is 11.1 Å². The van der Waals surface area contributed by atoms with Crippen LogP contribution < -0.4 is 4.74 Å². The number of halogens is 3. The number of thioether (sulfide) groups is 1. The topological polar surface area (TPSA) is 76.2 Å². The van der Waals surface area contributed by atoms with Crippen LogP contribution in [0.3, 0.4) is 0 Å². The summed E-state index contributed by atoms with van der Waals surface area (Å²) in [5.41, 5.74) is 0.817. The Morgan fingerprint density at radius 3 is 2.50 bits per heavy atom. The van der Waals surface area contributed by atoms with E-state index < -0.39 is 17.0 Å². The lowest BCUT2D eigenvalue weighted by atomic mass is 10.2. The van der Waals surface area contributed by atoms with Crippen LogP contribution in [0.25, 0.3) is 6.08 Å². The molecule has 0 atom stereocenters. The summed E-state index contributed by atoms with van der Waals surface area (Å²) in [5.74, 6) is -1.11. The molecule has 34 heavy (non-hydrogen) atoms. The number of imide groups is 1. The zero-order chi connectivity index (χ0) is 24.2. The maximum atomic E-state index is 13.8. The predicted octanol–water partition coefficient (Wildman–Crippen LogP) is 4.61. The fraction of sp³-hybridized carbons (Fsp3) is 0.261. The van der Waals surface area contributed by atoms with Crippen molar-refractivity contribution < 1.29 is 28.2 Å². The molecule has 2 aromatic carbocycles. The molecule has 0 spiro atoms. The lowest BCUT2D eigenvalue weighted by Crippen LogP contribution is -2.46. The molecule has 11 heteroatoms. The van der Waals surface area contributed by atoms with Gasteiger partial charge in [-0.3, -0.25) is 19.3 Å². The maximum Gasteiger partial charge on any atom is 0.294 e. The van der Waals surface area contributed by atoms with Gasteiger partial charge in [-0.05, 0) is 41.6 Å². The summed E-state index contributed by atoms with van der Waals surface area (Å²) in [5, 5.41) is -0.200. The molecule has 0 aliphatic carbocycles. The van der Waals surface area contributed by atoms with E-state index in [2.05, 4.69) is 0 Å². The Morgan fingerprint density at radius 1 is 1.15 bits per heavy atom. The monoisotopic (exact) mass is 524 g/mol. The molecule has 2 aliphatic heterocycles. The number of hydrogen-bond acceptors (Lipinski definition) is 6. The van der Waals surface area contributed by atoms with Crippen LogP contribution in [0.15, 0.2) is 41.3 Å². The van der Waals surface area contributed by atoms with Gasteiger partial charge in [0.15, 0.2) is 5.75 Å². The second-order valence-electron chi connectivity index (χ2n) is 7.45. The number of benzene rings is 2. The van der Waals surface area contributed by atoms with Crippen molar-refractivity contribution in [3.8, 4) is 5.75 Å². The van der Waals surface area contributed by atoms with Crippen molar-refractivity contribution in [3.63, 3.8) is 0 Å². The molecule has 2 heterocycles. The van der Waals surface area contributed by atoms with Crippen molar-refractivity contribution in [2.24, 2.45) is 0 Å². The quantitative estimate of drug-likeness (QED) is 0.513. The molecule has 0 N–H and O–H groups in total. The summed E-state index contributed by atoms with van der Waals surface area (Å²) in [6.45, 7) is 1.30. The van der Waals surface area contributed by atoms with E-state index in [0.717, 1.165) is 16.7 Å². The van der Waals surface area contributed by atoms with Crippen molar-refractivity contribution >= 4 is 58.1 Å². The van der Waals surface area contributed by atoms with E-state index in [1.54, 1.807) is 23.1 Å². The van der Waals surface area contributed by atoms with Crippen molar-refractivity contribution in [2.45, 2.75) is 6.61 Å². The molecule has 7 nitrogen and oxygen atoms in total. The van der Waals surface area contributed by atoms with Gasteiger partial charge in [0.2, 0.25) is 5.91 Å². The molecule has 0 radical (unpaired) electrons. The minimum absolute atomic E-state index is 0.0679. The van der Waals surface area contributed by atoms with E-state index in [0.29, 0.717) is 37.4 Å². The first-order valence-electron chi connectivity index (χ1n) is 10.3. The van der Waals surface area contributed by atoms with Crippen LogP contribution in [-0.4, -0.2) is 59.7 Å². The number of carbonyl (C=O) groups excluding carboxylic acids is 3. The van der Waals surface area contributed by atoms with Gasteiger partial charge in [0, 0.05) is 18.7 Å². The Kier molecular flexibility index (Phi) is 7.77. The minimum atomic E-state index is -0.566. The van der Waals surface area contributed by atoms with Crippen molar-refractivity contribution in [1.82, 2.24) is 9.80 Å². The van der Waals surface area contributed by atoms with Gasteiger partial charge in [0.25, 0.3) is 11.1 Å². The summed E-state index contributed by atoms with van der Waals surface area (Å²) in [6.07, 6.45) is 1.47. The van der Waals surface area contributed by atoms with Gasteiger partial charge in [-0.1, -0.05) is 41.4 Å². The number of rotatable bonds is 6. The molecule has 0 unspecified atom stereocenters. The molecular formula is C23H19Cl2FN2O5S. The summed E-state index contributed by atoms with van der Waals surface area (Å²) < 4.78 is 24.6. The molecule has 2 aromatic rings. The fourth-order valence-corrected chi connectivity index (χ4v) is 4.85. The van der Waals surface area contributed by atoms with E-state index in [4.69, 9.17) is 32.7 Å². The van der Waals surface area contributed by atoms with E-state index in [-0.39, 0.29) is 39.8 Å². The molecule has 178 valence electrons. The first-order valence-corrected chi connectivity index (χ1v) is 11.9. The fourth-order valence-electron chi connectivity index (χ4n) is 3.40. The summed E-state index contributed by atoms with van der Waals surface area (Å²) in [7, 11) is 0. The van der Waals surface area contributed by atoms with Crippen LogP contribution >= 0.6 is 35.0 Å². The SMILES string of the molecule is O=C(CN1C(=O)S/C(=C/c2cc(Cl)c(OCc3ccccc3F)c(Cl)c2)C1=O)N1CCOCC1. The molecule has 2 aliphatic rings. The summed E-state index contributed by atoms with van der Waals surface area (Å²) >= 11 is 13.4. The molecule has 0 bridgehead atoms. The highest BCUT2D eigenvalue weighted by Crippen LogP contribution is 2.38. The van der Waals surface area contributed by atoms with Crippen LogP contribution in [0.4, 0.5) is 9.18 Å². The number of amides is 3. The Labute approximate surface area is 209 Å². The molecule has 4 rings (SSSR count). The number of hydrogen-bond donors (Lipinski definition) is 0. The second-order valence-corrected chi connectivity index (χ2v) is 9.26. The standard InChI is InChI=1S/C23H19Cl2FN2O5S/c24-16-9-14(10-17(25)21(16)33-13-15-3-1-2-4-18(15)26)11-19-22(30)28(23(31)34-19)12-20(29)27-5-7-32-8-6-27/h1-4,9-11H,5-8,12-13H2/b19-11+. The summed E-state index contributed by atoms with van der Waals surface area (Å²) in [4.78, 5) is 40.2. The lowest BCUT2D eigenvalue weighted by Gasteiger charge is -2.28. The molecule has 0 aromatic heterocycles. The van der Waals surface area contributed by atoms with Gasteiger partial charge in [-0.15, -0.1) is 0 Å². The third-order valence-electron chi connectivity index (χ3n) is 5.18. The molecule has 2 saturated heterocycles. The van der Waals surface area contributed by atoms with Crippen LogP contribution in [0, 0.1) is 5.82 Å². The normalized spacial score (nSPS) is 17.6. The van der Waals surface area contributed by atoms with E-state index in [1.165, 1.54) is 24.3 Å². The zero-order valence-corrected chi connectivity index (χ0v) is 20.1.